The summed E-state index contributed by atoms with van der Waals surface area (Å²) < 4.78 is 13.3. The van der Waals surface area contributed by atoms with Gasteiger partial charge in [-0.05, 0) is 32.0 Å². The molecule has 0 saturated heterocycles. The number of ether oxygens (including phenoxy) is 2. The Morgan fingerprint density at radius 3 is 2.65 bits per heavy atom. The van der Waals surface area contributed by atoms with Crippen molar-refractivity contribution in [3.63, 3.8) is 0 Å². The SMILES string of the molecule is CCOC(OCC)c1nc2ccc(Br)cc2s1. The molecular formula is C12H14BrNO2S. The smallest absolute Gasteiger partial charge is 0.210 e. The predicted molar refractivity (Wildman–Crippen MR) is 73.3 cm³/mol. The zero-order chi connectivity index (χ0) is 12.3. The number of benzene rings is 1. The van der Waals surface area contributed by atoms with Gasteiger partial charge in [0.1, 0.15) is 0 Å². The van der Waals surface area contributed by atoms with Gasteiger partial charge in [-0.15, -0.1) is 11.3 Å². The third-order valence-electron chi connectivity index (χ3n) is 2.20. The Kier molecular flexibility index (Phi) is 4.50. The van der Waals surface area contributed by atoms with E-state index in [0.717, 1.165) is 19.7 Å². The van der Waals surface area contributed by atoms with Crippen molar-refractivity contribution < 1.29 is 9.47 Å². The zero-order valence-electron chi connectivity index (χ0n) is 9.77. The largest absolute Gasteiger partial charge is 0.347 e. The number of hydrogen-bond acceptors (Lipinski definition) is 4. The minimum absolute atomic E-state index is 0.346. The third kappa shape index (κ3) is 3.04. The van der Waals surface area contributed by atoms with Crippen LogP contribution in [0.25, 0.3) is 10.2 Å². The molecule has 2 rings (SSSR count). The van der Waals surface area contributed by atoms with Crippen molar-refractivity contribution in [2.75, 3.05) is 13.2 Å². The highest BCUT2D eigenvalue weighted by Crippen LogP contribution is 2.30. The number of halogens is 1. The lowest BCUT2D eigenvalue weighted by Gasteiger charge is -2.13. The minimum atomic E-state index is -0.346. The van der Waals surface area contributed by atoms with Crippen LogP contribution in [0.4, 0.5) is 0 Å². The summed E-state index contributed by atoms with van der Waals surface area (Å²) in [5.74, 6) is 0. The van der Waals surface area contributed by atoms with Gasteiger partial charge in [-0.1, -0.05) is 15.9 Å². The van der Waals surface area contributed by atoms with Crippen LogP contribution in [-0.2, 0) is 9.47 Å². The Balaban J connectivity index is 2.33. The maximum absolute atomic E-state index is 5.54. The number of thiazole rings is 1. The second-order valence-electron chi connectivity index (χ2n) is 3.41. The Labute approximate surface area is 113 Å². The number of rotatable bonds is 5. The van der Waals surface area contributed by atoms with E-state index in [-0.39, 0.29) is 6.29 Å². The second kappa shape index (κ2) is 5.91. The van der Waals surface area contributed by atoms with E-state index >= 15 is 0 Å². The van der Waals surface area contributed by atoms with Gasteiger partial charge in [-0.2, -0.15) is 0 Å². The highest BCUT2D eigenvalue weighted by atomic mass is 79.9. The first kappa shape index (κ1) is 13.0. The fraction of sp³-hybridized carbons (Fsp3) is 0.417. The van der Waals surface area contributed by atoms with E-state index in [1.165, 1.54) is 0 Å². The van der Waals surface area contributed by atoms with E-state index in [1.807, 2.05) is 26.0 Å². The molecule has 0 N–H and O–H groups in total. The molecule has 0 aliphatic heterocycles. The van der Waals surface area contributed by atoms with Crippen molar-refractivity contribution in [3.8, 4) is 0 Å². The lowest BCUT2D eigenvalue weighted by molar-refractivity contribution is -0.140. The molecule has 0 spiro atoms. The minimum Gasteiger partial charge on any atom is -0.347 e. The molecule has 92 valence electrons. The number of aromatic nitrogens is 1. The maximum Gasteiger partial charge on any atom is 0.210 e. The Morgan fingerprint density at radius 1 is 1.29 bits per heavy atom. The molecular weight excluding hydrogens is 302 g/mol. The Hall–Kier alpha value is -0.490. The van der Waals surface area contributed by atoms with Crippen LogP contribution in [0.3, 0.4) is 0 Å². The monoisotopic (exact) mass is 315 g/mol. The van der Waals surface area contributed by atoms with Gasteiger partial charge in [0.2, 0.25) is 6.29 Å². The number of fused-ring (bicyclic) bond motifs is 1. The molecule has 0 radical (unpaired) electrons. The molecule has 1 aromatic carbocycles. The average Bonchev–Trinajstić information content (AvgIpc) is 2.71. The molecule has 3 nitrogen and oxygen atoms in total. The summed E-state index contributed by atoms with van der Waals surface area (Å²) in [6.45, 7) is 5.14. The van der Waals surface area contributed by atoms with Gasteiger partial charge in [0.25, 0.3) is 0 Å². The first-order valence-corrected chi connectivity index (χ1v) is 7.14. The average molecular weight is 316 g/mol. The fourth-order valence-corrected chi connectivity index (χ4v) is 3.03. The van der Waals surface area contributed by atoms with Crippen LogP contribution in [0.15, 0.2) is 22.7 Å². The van der Waals surface area contributed by atoms with E-state index in [2.05, 4.69) is 27.0 Å². The Bertz CT molecular complexity index is 494. The first-order valence-electron chi connectivity index (χ1n) is 5.53. The molecule has 0 saturated carbocycles. The molecule has 1 heterocycles. The topological polar surface area (TPSA) is 31.4 Å². The van der Waals surface area contributed by atoms with Crippen molar-refractivity contribution in [3.05, 3.63) is 27.7 Å². The van der Waals surface area contributed by atoms with E-state index in [4.69, 9.17) is 9.47 Å². The van der Waals surface area contributed by atoms with Gasteiger partial charge in [-0.3, -0.25) is 0 Å². The van der Waals surface area contributed by atoms with Crippen LogP contribution in [0.1, 0.15) is 25.1 Å². The molecule has 0 fully saturated rings. The summed E-state index contributed by atoms with van der Waals surface area (Å²) in [6, 6.07) is 6.04. The molecule has 0 aliphatic carbocycles. The van der Waals surface area contributed by atoms with Gasteiger partial charge in [0.05, 0.1) is 10.2 Å². The quantitative estimate of drug-likeness (QED) is 0.777. The van der Waals surface area contributed by atoms with E-state index in [0.29, 0.717) is 13.2 Å². The summed E-state index contributed by atoms with van der Waals surface area (Å²) in [5, 5.41) is 0.877. The summed E-state index contributed by atoms with van der Waals surface area (Å²) in [5.41, 5.74) is 0.984. The van der Waals surface area contributed by atoms with E-state index < -0.39 is 0 Å². The van der Waals surface area contributed by atoms with Crippen LogP contribution in [0, 0.1) is 0 Å². The van der Waals surface area contributed by atoms with Gasteiger partial charge in [0, 0.05) is 17.7 Å². The summed E-state index contributed by atoms with van der Waals surface area (Å²) in [4.78, 5) is 4.54. The van der Waals surface area contributed by atoms with Crippen LogP contribution in [-0.4, -0.2) is 18.2 Å². The standard InChI is InChI=1S/C12H14BrNO2S/c1-3-15-12(16-4-2)11-14-9-6-5-8(13)7-10(9)17-11/h5-7,12H,3-4H2,1-2H3. The maximum atomic E-state index is 5.54. The van der Waals surface area contributed by atoms with Crippen molar-refractivity contribution in [1.82, 2.24) is 4.98 Å². The van der Waals surface area contributed by atoms with E-state index in [1.54, 1.807) is 11.3 Å². The van der Waals surface area contributed by atoms with Gasteiger partial charge in [0.15, 0.2) is 5.01 Å². The highest BCUT2D eigenvalue weighted by Gasteiger charge is 2.16. The van der Waals surface area contributed by atoms with Crippen LogP contribution < -0.4 is 0 Å². The van der Waals surface area contributed by atoms with Crippen LogP contribution in [0.5, 0.6) is 0 Å². The summed E-state index contributed by atoms with van der Waals surface area (Å²) in [6.07, 6.45) is -0.346. The molecule has 17 heavy (non-hydrogen) atoms. The molecule has 0 bridgehead atoms. The number of hydrogen-bond donors (Lipinski definition) is 0. The highest BCUT2D eigenvalue weighted by molar-refractivity contribution is 9.10. The molecule has 0 aliphatic rings. The Morgan fingerprint density at radius 2 is 2.00 bits per heavy atom. The number of nitrogens with zero attached hydrogens (tertiary/aromatic N) is 1. The van der Waals surface area contributed by atoms with Gasteiger partial charge >= 0.3 is 0 Å². The molecule has 5 heteroatoms. The van der Waals surface area contributed by atoms with Crippen LogP contribution in [0.2, 0.25) is 0 Å². The van der Waals surface area contributed by atoms with Crippen molar-refractivity contribution in [2.45, 2.75) is 20.1 Å². The predicted octanol–water partition coefficient (Wildman–Crippen LogP) is 4.13. The third-order valence-corrected chi connectivity index (χ3v) is 3.74. The van der Waals surface area contributed by atoms with E-state index in [9.17, 15) is 0 Å². The zero-order valence-corrected chi connectivity index (χ0v) is 12.2. The molecule has 0 amide bonds. The van der Waals surface area contributed by atoms with Gasteiger partial charge < -0.3 is 9.47 Å². The molecule has 0 atom stereocenters. The van der Waals surface area contributed by atoms with Crippen molar-refractivity contribution in [1.29, 1.82) is 0 Å². The molecule has 0 unspecified atom stereocenters. The summed E-state index contributed by atoms with van der Waals surface area (Å²) >= 11 is 5.06. The summed E-state index contributed by atoms with van der Waals surface area (Å²) in [7, 11) is 0. The molecule has 2 aromatic rings. The lowest BCUT2D eigenvalue weighted by Crippen LogP contribution is -2.08. The van der Waals surface area contributed by atoms with Crippen molar-refractivity contribution in [2.24, 2.45) is 0 Å². The van der Waals surface area contributed by atoms with Gasteiger partial charge in [-0.25, -0.2) is 4.98 Å². The lowest BCUT2D eigenvalue weighted by atomic mass is 10.3. The fourth-order valence-electron chi connectivity index (χ4n) is 1.51. The van der Waals surface area contributed by atoms with Crippen molar-refractivity contribution >= 4 is 37.5 Å². The molecule has 1 aromatic heterocycles. The van der Waals surface area contributed by atoms with Crippen LogP contribution >= 0.6 is 27.3 Å². The second-order valence-corrected chi connectivity index (χ2v) is 5.38. The normalized spacial score (nSPS) is 11.5. The first-order chi connectivity index (χ1) is 8.24.